The molecule has 0 unspecified atom stereocenters. The molecule has 0 heterocycles. The van der Waals surface area contributed by atoms with Gasteiger partial charge in [-0.05, 0) is 0 Å². The Morgan fingerprint density at radius 2 is 0.750 bits per heavy atom. The van der Waals surface area contributed by atoms with Gasteiger partial charge in [0.1, 0.15) is 0 Å². The second-order valence-electron chi connectivity index (χ2n) is 0. The first-order valence-electron chi connectivity index (χ1n) is 0. The van der Waals surface area contributed by atoms with Gasteiger partial charge in [-0.1, -0.05) is 0 Å². The minimum atomic E-state index is 0. The van der Waals surface area contributed by atoms with Crippen molar-refractivity contribution in [1.29, 1.82) is 0 Å². The van der Waals surface area contributed by atoms with Crippen LogP contribution in [0.1, 0.15) is 0 Å². The van der Waals surface area contributed by atoms with Gasteiger partial charge >= 0.3 is 17.1 Å². The maximum absolute atomic E-state index is 0. The summed E-state index contributed by atoms with van der Waals surface area (Å²) in [6.07, 6.45) is 0. The van der Waals surface area contributed by atoms with Crippen molar-refractivity contribution in [3.63, 3.8) is 0 Å². The fraction of sp³-hybridized carbons (Fsp3) is 0. The van der Waals surface area contributed by atoms with Crippen molar-refractivity contribution in [3.05, 3.63) is 0 Å². The second kappa shape index (κ2) is 38.3. The maximum atomic E-state index is 0. The Bertz CT molecular complexity index is 6.00. The van der Waals surface area contributed by atoms with Crippen molar-refractivity contribution in [2.24, 2.45) is 0 Å². The van der Waals surface area contributed by atoms with Crippen LogP contribution in [-0.4, -0.2) is 11.0 Å². The average molecular weight is 148 g/mol. The van der Waals surface area contributed by atoms with E-state index < -0.39 is 0 Å². The molecule has 0 aliphatic heterocycles. The molecule has 0 bridgehead atoms. The molecule has 0 aromatic heterocycles. The van der Waals surface area contributed by atoms with Crippen LogP contribution in [0, 0.1) is 0 Å². The summed E-state index contributed by atoms with van der Waals surface area (Å²) >= 11 is 0. The van der Waals surface area contributed by atoms with Gasteiger partial charge in [0.25, 0.3) is 0 Å². The molecule has 0 aromatic rings. The van der Waals surface area contributed by atoms with E-state index in [4.69, 9.17) is 0 Å². The van der Waals surface area contributed by atoms with Gasteiger partial charge in [0.2, 0.25) is 0 Å². The van der Waals surface area contributed by atoms with Gasteiger partial charge in [-0.25, -0.2) is 0 Å². The van der Waals surface area contributed by atoms with Crippen molar-refractivity contribution in [2.75, 3.05) is 0 Å². The molecule has 0 rings (SSSR count). The fourth-order valence-corrected chi connectivity index (χ4v) is 0. The zero-order valence-electron chi connectivity index (χ0n) is 1.61. The number of hydrogen-bond acceptors (Lipinski definition) is 2. The SMILES string of the molecule is [Co].[Mn+2].[OH-].[OH-]. The van der Waals surface area contributed by atoms with Crippen LogP contribution < -0.4 is 0 Å². The van der Waals surface area contributed by atoms with E-state index >= 15 is 0 Å². The van der Waals surface area contributed by atoms with E-state index in [-0.39, 0.29) is 44.8 Å². The topological polar surface area (TPSA) is 60.0 Å². The van der Waals surface area contributed by atoms with E-state index in [2.05, 4.69) is 0 Å². The molecule has 30 valence electrons. The van der Waals surface area contributed by atoms with Crippen molar-refractivity contribution in [3.8, 4) is 0 Å². The Morgan fingerprint density at radius 1 is 0.750 bits per heavy atom. The van der Waals surface area contributed by atoms with E-state index in [0.717, 1.165) is 0 Å². The molecule has 0 amide bonds. The molecule has 0 saturated heterocycles. The third kappa shape index (κ3) is 12.5. The van der Waals surface area contributed by atoms with Gasteiger partial charge in [-0.15, -0.1) is 0 Å². The van der Waals surface area contributed by atoms with Crippen molar-refractivity contribution >= 4 is 0 Å². The largest absolute Gasteiger partial charge is 2.00 e. The van der Waals surface area contributed by atoms with Crippen LogP contribution in [0.25, 0.3) is 0 Å². The van der Waals surface area contributed by atoms with Crippen LogP contribution >= 0.6 is 0 Å². The summed E-state index contributed by atoms with van der Waals surface area (Å²) in [6.45, 7) is 0. The molecule has 0 saturated carbocycles. The Hall–Kier alpha value is 0.946. The molecular formula is H2CoMnO2. The van der Waals surface area contributed by atoms with Crippen LogP contribution in [0.4, 0.5) is 0 Å². The summed E-state index contributed by atoms with van der Waals surface area (Å²) in [6, 6.07) is 0. The van der Waals surface area contributed by atoms with Crippen LogP contribution in [0.2, 0.25) is 0 Å². The van der Waals surface area contributed by atoms with Gasteiger partial charge in [-0.3, -0.25) is 0 Å². The number of rotatable bonds is 0. The molecule has 0 atom stereocenters. The molecule has 4 heteroatoms. The fourth-order valence-electron chi connectivity index (χ4n) is 0. The summed E-state index contributed by atoms with van der Waals surface area (Å²) in [7, 11) is 0. The molecule has 0 aromatic carbocycles. The van der Waals surface area contributed by atoms with Gasteiger partial charge in [0.05, 0.1) is 0 Å². The second-order valence-corrected chi connectivity index (χ2v) is 0. The zero-order chi connectivity index (χ0) is 0. The smallest absolute Gasteiger partial charge is 0.870 e. The maximum Gasteiger partial charge on any atom is 2.00 e. The summed E-state index contributed by atoms with van der Waals surface area (Å²) in [4.78, 5) is 0. The molecule has 0 aliphatic carbocycles. The first-order valence-corrected chi connectivity index (χ1v) is 0. The molecular weight excluding hydrogens is 146 g/mol. The zero-order valence-corrected chi connectivity index (χ0v) is 3.83. The molecule has 0 spiro atoms. The first-order chi connectivity index (χ1) is 0. The molecule has 0 fully saturated rings. The van der Waals surface area contributed by atoms with Crippen LogP contribution in [-0.2, 0) is 33.8 Å². The summed E-state index contributed by atoms with van der Waals surface area (Å²) < 4.78 is 0. The normalized spacial score (nSPS) is 0. The summed E-state index contributed by atoms with van der Waals surface area (Å²) in [5.74, 6) is 0. The average Bonchev–Trinajstić information content (AvgIpc) is 0. The van der Waals surface area contributed by atoms with Crippen LogP contribution in [0.15, 0.2) is 0 Å². The van der Waals surface area contributed by atoms with Crippen LogP contribution in [0.5, 0.6) is 0 Å². The Kier molecular flexibility index (Phi) is 823. The van der Waals surface area contributed by atoms with Crippen LogP contribution in [0.3, 0.4) is 0 Å². The molecule has 4 heavy (non-hydrogen) atoms. The minimum absolute atomic E-state index is 0. The van der Waals surface area contributed by atoms with E-state index in [1.165, 1.54) is 0 Å². The number of hydrogen-bond donors (Lipinski definition) is 0. The summed E-state index contributed by atoms with van der Waals surface area (Å²) in [5, 5.41) is 0. The molecule has 2 N–H and O–H groups in total. The van der Waals surface area contributed by atoms with Gasteiger partial charge in [0.15, 0.2) is 0 Å². The Balaban J connectivity index is 0. The van der Waals surface area contributed by atoms with Gasteiger partial charge in [-0.2, -0.15) is 0 Å². The summed E-state index contributed by atoms with van der Waals surface area (Å²) in [5.41, 5.74) is 0. The third-order valence-corrected chi connectivity index (χ3v) is 0. The van der Waals surface area contributed by atoms with Crippen molar-refractivity contribution < 1.29 is 44.8 Å². The van der Waals surface area contributed by atoms with E-state index in [1.807, 2.05) is 0 Å². The van der Waals surface area contributed by atoms with E-state index in [9.17, 15) is 0 Å². The van der Waals surface area contributed by atoms with Crippen molar-refractivity contribution in [1.82, 2.24) is 0 Å². The monoisotopic (exact) mass is 148 g/mol. The van der Waals surface area contributed by atoms with E-state index in [0.29, 0.717) is 0 Å². The van der Waals surface area contributed by atoms with Crippen molar-refractivity contribution in [2.45, 2.75) is 0 Å². The van der Waals surface area contributed by atoms with Gasteiger partial charge in [0, 0.05) is 16.8 Å². The quantitative estimate of drug-likeness (QED) is 0.440. The van der Waals surface area contributed by atoms with E-state index in [1.54, 1.807) is 0 Å². The molecule has 2 radical (unpaired) electrons. The molecule has 0 aliphatic rings. The first kappa shape index (κ1) is 86.1. The Morgan fingerprint density at radius 3 is 0.750 bits per heavy atom. The van der Waals surface area contributed by atoms with Gasteiger partial charge < -0.3 is 11.0 Å². The third-order valence-electron chi connectivity index (χ3n) is 0. The predicted molar refractivity (Wildman–Crippen MR) is 3.87 cm³/mol. The predicted octanol–water partition coefficient (Wildman–Crippen LogP) is -0.359. The Labute approximate surface area is 45.2 Å². The standard InChI is InChI=1S/Co.Mn.2H2O/h;;2*1H2/q;+2;;/p-2. The minimum Gasteiger partial charge on any atom is -0.870 e. The molecule has 2 nitrogen and oxygen atoms in total.